The number of hydrogen-bond acceptors (Lipinski definition) is 4. The van der Waals surface area contributed by atoms with Crippen LogP contribution in [0.2, 0.25) is 0 Å². The summed E-state index contributed by atoms with van der Waals surface area (Å²) >= 11 is 0. The quantitative estimate of drug-likeness (QED) is 0.733. The molecule has 0 radical (unpaired) electrons. The van der Waals surface area contributed by atoms with E-state index in [-0.39, 0.29) is 0 Å². The van der Waals surface area contributed by atoms with Gasteiger partial charge in [0.2, 0.25) is 5.88 Å². The van der Waals surface area contributed by atoms with Gasteiger partial charge in [0, 0.05) is 6.07 Å². The minimum Gasteiger partial charge on any atom is -0.481 e. The molecule has 5 heteroatoms. The summed E-state index contributed by atoms with van der Waals surface area (Å²) in [5.41, 5.74) is 2.52. The molecule has 0 unspecified atom stereocenters. The van der Waals surface area contributed by atoms with E-state index in [9.17, 15) is 0 Å². The maximum atomic E-state index is 5.38. The van der Waals surface area contributed by atoms with Crippen LogP contribution in [-0.4, -0.2) is 22.1 Å². The second-order valence-corrected chi connectivity index (χ2v) is 3.74. The molecule has 1 N–H and O–H groups in total. The van der Waals surface area contributed by atoms with Crippen molar-refractivity contribution in [2.75, 3.05) is 7.11 Å². The van der Waals surface area contributed by atoms with E-state index < -0.39 is 0 Å². The highest BCUT2D eigenvalue weighted by molar-refractivity contribution is 5.75. The monoisotopic (exact) mass is 229 g/mol. The Labute approximate surface area is 97.5 Å². The molecule has 3 aromatic heterocycles. The molecule has 0 aromatic carbocycles. The zero-order valence-electron chi connectivity index (χ0n) is 9.52. The van der Waals surface area contributed by atoms with Crippen LogP contribution >= 0.6 is 0 Å². The fourth-order valence-corrected chi connectivity index (χ4v) is 1.71. The van der Waals surface area contributed by atoms with Crippen LogP contribution in [0, 0.1) is 6.92 Å². The van der Waals surface area contributed by atoms with Crippen molar-refractivity contribution < 1.29 is 9.15 Å². The van der Waals surface area contributed by atoms with E-state index in [4.69, 9.17) is 9.15 Å². The van der Waals surface area contributed by atoms with Crippen molar-refractivity contribution in [3.05, 3.63) is 30.0 Å². The summed E-state index contributed by atoms with van der Waals surface area (Å²) < 4.78 is 10.4. The third-order valence-electron chi connectivity index (χ3n) is 2.61. The van der Waals surface area contributed by atoms with Crippen molar-refractivity contribution in [1.82, 2.24) is 15.0 Å². The topological polar surface area (TPSA) is 63.9 Å². The van der Waals surface area contributed by atoms with E-state index in [0.717, 1.165) is 16.8 Å². The first-order valence-corrected chi connectivity index (χ1v) is 5.23. The van der Waals surface area contributed by atoms with Gasteiger partial charge in [-0.2, -0.15) is 4.98 Å². The molecule has 3 heterocycles. The molecule has 0 spiro atoms. The van der Waals surface area contributed by atoms with Crippen LogP contribution in [0.3, 0.4) is 0 Å². The fraction of sp³-hybridized carbons (Fsp3) is 0.167. The number of ether oxygens (including phenoxy) is 1. The summed E-state index contributed by atoms with van der Waals surface area (Å²) in [4.78, 5) is 11.8. The van der Waals surface area contributed by atoms with Gasteiger partial charge in [-0.1, -0.05) is 0 Å². The molecule has 3 rings (SSSR count). The molecule has 5 nitrogen and oxygen atoms in total. The van der Waals surface area contributed by atoms with Crippen molar-refractivity contribution in [1.29, 1.82) is 0 Å². The molecule has 0 aliphatic carbocycles. The number of hydrogen-bond donors (Lipinski definition) is 1. The Kier molecular flexibility index (Phi) is 2.11. The Morgan fingerprint density at radius 1 is 1.24 bits per heavy atom. The Morgan fingerprint density at radius 2 is 2.12 bits per heavy atom. The number of nitrogens with zero attached hydrogens (tertiary/aromatic N) is 2. The molecule has 0 bridgehead atoms. The maximum Gasteiger partial charge on any atom is 0.215 e. The summed E-state index contributed by atoms with van der Waals surface area (Å²) in [6.07, 6.45) is 1.64. The van der Waals surface area contributed by atoms with E-state index >= 15 is 0 Å². The number of aromatic nitrogens is 3. The van der Waals surface area contributed by atoms with E-state index in [0.29, 0.717) is 17.4 Å². The number of rotatable bonds is 2. The van der Waals surface area contributed by atoms with Crippen LogP contribution in [0.25, 0.3) is 22.7 Å². The van der Waals surface area contributed by atoms with Gasteiger partial charge in [0.05, 0.1) is 18.9 Å². The standard InChI is InChI=1S/C12H11N3O2/c1-7-5-6-17-10(7)12-13-8-3-4-9(16-2)14-11(8)15-12/h3-6H,1-2H3,(H,13,14,15). The second kappa shape index (κ2) is 3.62. The van der Waals surface area contributed by atoms with Crippen LogP contribution in [0.4, 0.5) is 0 Å². The summed E-state index contributed by atoms with van der Waals surface area (Å²) in [7, 11) is 1.58. The fourth-order valence-electron chi connectivity index (χ4n) is 1.71. The lowest BCUT2D eigenvalue weighted by Crippen LogP contribution is -1.86. The molecule has 0 aliphatic rings. The van der Waals surface area contributed by atoms with Crippen LogP contribution in [0.1, 0.15) is 5.56 Å². The largest absolute Gasteiger partial charge is 0.481 e. The zero-order chi connectivity index (χ0) is 11.8. The summed E-state index contributed by atoms with van der Waals surface area (Å²) in [6, 6.07) is 5.58. The van der Waals surface area contributed by atoms with Crippen molar-refractivity contribution in [3.8, 4) is 17.5 Å². The summed E-state index contributed by atoms with van der Waals surface area (Å²) in [5.74, 6) is 1.97. The molecule has 0 atom stereocenters. The highest BCUT2D eigenvalue weighted by atomic mass is 16.5. The number of methoxy groups -OCH3 is 1. The first kappa shape index (κ1) is 9.89. The van der Waals surface area contributed by atoms with Crippen molar-refractivity contribution in [2.45, 2.75) is 6.92 Å². The van der Waals surface area contributed by atoms with Crippen LogP contribution in [0.5, 0.6) is 5.88 Å². The minimum atomic E-state index is 0.548. The van der Waals surface area contributed by atoms with Gasteiger partial charge < -0.3 is 14.1 Å². The predicted molar refractivity (Wildman–Crippen MR) is 62.9 cm³/mol. The molecular formula is C12H11N3O2. The van der Waals surface area contributed by atoms with Gasteiger partial charge in [-0.25, -0.2) is 4.98 Å². The van der Waals surface area contributed by atoms with Crippen molar-refractivity contribution in [3.63, 3.8) is 0 Å². The lowest BCUT2D eigenvalue weighted by Gasteiger charge is -1.95. The highest BCUT2D eigenvalue weighted by Gasteiger charge is 2.11. The number of pyridine rings is 1. The molecular weight excluding hydrogens is 218 g/mol. The van der Waals surface area contributed by atoms with Gasteiger partial charge >= 0.3 is 0 Å². The summed E-state index contributed by atoms with van der Waals surface area (Å²) in [5, 5.41) is 0. The van der Waals surface area contributed by atoms with E-state index in [1.807, 2.05) is 19.1 Å². The van der Waals surface area contributed by atoms with Crippen LogP contribution < -0.4 is 4.74 Å². The van der Waals surface area contributed by atoms with E-state index in [1.165, 1.54) is 0 Å². The zero-order valence-corrected chi connectivity index (χ0v) is 9.52. The average molecular weight is 229 g/mol. The normalized spacial score (nSPS) is 10.9. The number of imidazole rings is 1. The number of aryl methyl sites for hydroxylation is 1. The Morgan fingerprint density at radius 3 is 2.82 bits per heavy atom. The molecule has 0 saturated carbocycles. The van der Waals surface area contributed by atoms with Crippen molar-refractivity contribution in [2.24, 2.45) is 0 Å². The first-order chi connectivity index (χ1) is 8.28. The smallest absolute Gasteiger partial charge is 0.215 e. The third-order valence-corrected chi connectivity index (χ3v) is 2.61. The lowest BCUT2D eigenvalue weighted by atomic mass is 10.3. The molecule has 0 amide bonds. The Balaban J connectivity index is 2.17. The Bertz CT molecular complexity index is 669. The third kappa shape index (κ3) is 1.56. The number of fused-ring (bicyclic) bond motifs is 1. The van der Waals surface area contributed by atoms with Gasteiger partial charge in [-0.3, -0.25) is 0 Å². The maximum absolute atomic E-state index is 5.38. The average Bonchev–Trinajstić information content (AvgIpc) is 2.93. The SMILES string of the molecule is COc1ccc2[nH]c(-c3occc3C)nc2n1. The number of furan rings is 1. The Hall–Kier alpha value is -2.30. The first-order valence-electron chi connectivity index (χ1n) is 5.23. The highest BCUT2D eigenvalue weighted by Crippen LogP contribution is 2.24. The second-order valence-electron chi connectivity index (χ2n) is 3.74. The molecule has 17 heavy (non-hydrogen) atoms. The lowest BCUT2D eigenvalue weighted by molar-refractivity contribution is 0.399. The molecule has 0 fully saturated rings. The molecule has 3 aromatic rings. The minimum absolute atomic E-state index is 0.548. The van der Waals surface area contributed by atoms with Gasteiger partial charge in [0.15, 0.2) is 17.2 Å². The number of aromatic amines is 1. The van der Waals surface area contributed by atoms with Crippen LogP contribution in [-0.2, 0) is 0 Å². The number of nitrogens with one attached hydrogen (secondary N) is 1. The molecule has 0 saturated heterocycles. The van der Waals surface area contributed by atoms with Gasteiger partial charge in [0.1, 0.15) is 0 Å². The van der Waals surface area contributed by atoms with Gasteiger partial charge in [-0.15, -0.1) is 0 Å². The molecule has 0 aliphatic heterocycles. The predicted octanol–water partition coefficient (Wildman–Crippen LogP) is 2.53. The van der Waals surface area contributed by atoms with Crippen molar-refractivity contribution >= 4 is 11.2 Å². The van der Waals surface area contributed by atoms with E-state index in [2.05, 4.69) is 15.0 Å². The number of H-pyrrole nitrogens is 1. The van der Waals surface area contributed by atoms with Gasteiger partial charge in [0.25, 0.3) is 0 Å². The summed E-state index contributed by atoms with van der Waals surface area (Å²) in [6.45, 7) is 1.97. The van der Waals surface area contributed by atoms with Gasteiger partial charge in [-0.05, 0) is 24.6 Å². The van der Waals surface area contributed by atoms with E-state index in [1.54, 1.807) is 19.4 Å². The molecule has 86 valence electrons. The van der Waals surface area contributed by atoms with Crippen LogP contribution in [0.15, 0.2) is 28.9 Å².